The highest BCUT2D eigenvalue weighted by atomic mass is 15.3. The minimum atomic E-state index is 0.482. The Bertz CT molecular complexity index is 631. The molecule has 2 aromatic heterocycles. The monoisotopic (exact) mass is 287 g/mol. The van der Waals surface area contributed by atoms with E-state index in [1.807, 2.05) is 0 Å². The van der Waals surface area contributed by atoms with Gasteiger partial charge in [0, 0.05) is 19.6 Å². The van der Waals surface area contributed by atoms with E-state index in [1.54, 1.807) is 6.33 Å². The Morgan fingerprint density at radius 1 is 1.24 bits per heavy atom. The molecule has 2 saturated heterocycles. The van der Waals surface area contributed by atoms with Crippen LogP contribution >= 0.6 is 0 Å². The Kier molecular flexibility index (Phi) is 3.14. The Balaban J connectivity index is 1.48. The number of hydrogen-bond donors (Lipinski definition) is 2. The molecule has 112 valence electrons. The Morgan fingerprint density at radius 2 is 2.10 bits per heavy atom. The molecule has 0 amide bonds. The molecule has 1 unspecified atom stereocenters. The van der Waals surface area contributed by atoms with Crippen molar-refractivity contribution in [1.29, 1.82) is 0 Å². The summed E-state index contributed by atoms with van der Waals surface area (Å²) in [6.07, 6.45) is 5.52. The SMILES string of the molecule is Nc1nc(N2CCC(CN3CCCC3)C2)nc2nc[nH]c12. The number of nitrogens with zero attached hydrogens (tertiary/aromatic N) is 5. The minimum absolute atomic E-state index is 0.482. The zero-order valence-electron chi connectivity index (χ0n) is 12.1. The van der Waals surface area contributed by atoms with Crippen molar-refractivity contribution < 1.29 is 0 Å². The number of likely N-dealkylation sites (tertiary alicyclic amines) is 1. The maximum absolute atomic E-state index is 5.98. The van der Waals surface area contributed by atoms with Crippen molar-refractivity contribution in [1.82, 2.24) is 24.8 Å². The van der Waals surface area contributed by atoms with Crippen molar-refractivity contribution in [3.05, 3.63) is 6.33 Å². The fourth-order valence-electron chi connectivity index (χ4n) is 3.48. The molecule has 7 nitrogen and oxygen atoms in total. The zero-order chi connectivity index (χ0) is 14.2. The number of fused-ring (bicyclic) bond motifs is 1. The van der Waals surface area contributed by atoms with Gasteiger partial charge in [0.15, 0.2) is 11.5 Å². The number of anilines is 2. The lowest BCUT2D eigenvalue weighted by Crippen LogP contribution is -2.29. The number of nitrogens with two attached hydrogens (primary N) is 1. The molecule has 1 atom stereocenters. The van der Waals surface area contributed by atoms with Crippen molar-refractivity contribution in [3.8, 4) is 0 Å². The van der Waals surface area contributed by atoms with Crippen LogP contribution in [-0.2, 0) is 0 Å². The van der Waals surface area contributed by atoms with E-state index in [0.29, 0.717) is 17.4 Å². The van der Waals surface area contributed by atoms with E-state index in [0.717, 1.165) is 24.6 Å². The summed E-state index contributed by atoms with van der Waals surface area (Å²) < 4.78 is 0. The molecule has 4 rings (SSSR count). The van der Waals surface area contributed by atoms with Gasteiger partial charge in [-0.05, 0) is 38.3 Å². The van der Waals surface area contributed by atoms with E-state index >= 15 is 0 Å². The Labute approximate surface area is 123 Å². The number of hydrogen-bond acceptors (Lipinski definition) is 6. The highest BCUT2D eigenvalue weighted by molar-refractivity contribution is 5.82. The van der Waals surface area contributed by atoms with Crippen LogP contribution in [0.4, 0.5) is 11.8 Å². The van der Waals surface area contributed by atoms with Crippen LogP contribution < -0.4 is 10.6 Å². The first-order valence-electron chi connectivity index (χ1n) is 7.73. The quantitative estimate of drug-likeness (QED) is 0.870. The van der Waals surface area contributed by atoms with Gasteiger partial charge in [-0.3, -0.25) is 0 Å². The van der Waals surface area contributed by atoms with Crippen LogP contribution in [0.2, 0.25) is 0 Å². The molecule has 4 heterocycles. The van der Waals surface area contributed by atoms with Crippen LogP contribution in [-0.4, -0.2) is 57.6 Å². The number of nitrogen functional groups attached to an aromatic ring is 1. The molecule has 3 N–H and O–H groups in total. The fourth-order valence-corrected chi connectivity index (χ4v) is 3.48. The second-order valence-electron chi connectivity index (χ2n) is 6.12. The predicted molar refractivity (Wildman–Crippen MR) is 82.1 cm³/mol. The van der Waals surface area contributed by atoms with Gasteiger partial charge in [0.25, 0.3) is 0 Å². The maximum atomic E-state index is 5.98. The molecule has 0 spiro atoms. The van der Waals surface area contributed by atoms with Gasteiger partial charge in [0.1, 0.15) is 5.52 Å². The Morgan fingerprint density at radius 3 is 2.95 bits per heavy atom. The highest BCUT2D eigenvalue weighted by Crippen LogP contribution is 2.25. The average Bonchev–Trinajstić information content (AvgIpc) is 3.18. The predicted octanol–water partition coefficient (Wildman–Crippen LogP) is 0.857. The van der Waals surface area contributed by atoms with Crippen molar-refractivity contribution in [3.63, 3.8) is 0 Å². The van der Waals surface area contributed by atoms with Crippen LogP contribution in [0.5, 0.6) is 0 Å². The van der Waals surface area contributed by atoms with E-state index in [-0.39, 0.29) is 0 Å². The van der Waals surface area contributed by atoms with E-state index in [2.05, 4.69) is 29.7 Å². The van der Waals surface area contributed by atoms with Crippen LogP contribution in [0.15, 0.2) is 6.33 Å². The van der Waals surface area contributed by atoms with Gasteiger partial charge in [-0.25, -0.2) is 4.98 Å². The third-order valence-corrected chi connectivity index (χ3v) is 4.59. The van der Waals surface area contributed by atoms with E-state index < -0.39 is 0 Å². The number of aromatic nitrogens is 4. The zero-order valence-corrected chi connectivity index (χ0v) is 12.1. The summed E-state index contributed by atoms with van der Waals surface area (Å²) >= 11 is 0. The molecule has 0 saturated carbocycles. The molecule has 0 radical (unpaired) electrons. The summed E-state index contributed by atoms with van der Waals surface area (Å²) in [7, 11) is 0. The molecule has 2 aliphatic heterocycles. The largest absolute Gasteiger partial charge is 0.382 e. The molecule has 7 heteroatoms. The van der Waals surface area contributed by atoms with Crippen molar-refractivity contribution in [2.45, 2.75) is 19.3 Å². The van der Waals surface area contributed by atoms with Gasteiger partial charge < -0.3 is 20.5 Å². The van der Waals surface area contributed by atoms with Gasteiger partial charge in [0.2, 0.25) is 5.95 Å². The van der Waals surface area contributed by atoms with Crippen LogP contribution in [0.25, 0.3) is 11.2 Å². The normalized spacial score (nSPS) is 23.4. The standard InChI is InChI=1S/C14H21N7/c15-12-11-13(17-9-16-11)19-14(18-12)21-6-3-10(8-21)7-20-4-1-2-5-20/h9-10H,1-8H2,(H3,15,16,17,18,19). The summed E-state index contributed by atoms with van der Waals surface area (Å²) in [6, 6.07) is 0. The molecule has 2 aliphatic rings. The second-order valence-corrected chi connectivity index (χ2v) is 6.12. The summed E-state index contributed by atoms with van der Waals surface area (Å²) in [6.45, 7) is 5.76. The lowest BCUT2D eigenvalue weighted by Gasteiger charge is -2.20. The second kappa shape index (κ2) is 5.14. The van der Waals surface area contributed by atoms with Gasteiger partial charge in [-0.15, -0.1) is 0 Å². The highest BCUT2D eigenvalue weighted by Gasteiger charge is 2.27. The third-order valence-electron chi connectivity index (χ3n) is 4.59. The van der Waals surface area contributed by atoms with Crippen LogP contribution in [0.1, 0.15) is 19.3 Å². The van der Waals surface area contributed by atoms with Crippen molar-refractivity contribution in [2.24, 2.45) is 5.92 Å². The van der Waals surface area contributed by atoms with Gasteiger partial charge >= 0.3 is 0 Å². The lowest BCUT2D eigenvalue weighted by molar-refractivity contribution is 0.289. The maximum Gasteiger partial charge on any atom is 0.229 e. The molecule has 2 fully saturated rings. The number of imidazole rings is 1. The summed E-state index contributed by atoms with van der Waals surface area (Å²) in [5.74, 6) is 1.91. The van der Waals surface area contributed by atoms with E-state index in [9.17, 15) is 0 Å². The molecule has 0 aliphatic carbocycles. The smallest absolute Gasteiger partial charge is 0.229 e. The molecule has 2 aromatic rings. The number of H-pyrrole nitrogens is 1. The van der Waals surface area contributed by atoms with Crippen molar-refractivity contribution >= 4 is 22.9 Å². The first kappa shape index (κ1) is 12.8. The fraction of sp³-hybridized carbons (Fsp3) is 0.643. The minimum Gasteiger partial charge on any atom is -0.382 e. The van der Waals surface area contributed by atoms with Gasteiger partial charge in [0.05, 0.1) is 6.33 Å². The third kappa shape index (κ3) is 2.42. The van der Waals surface area contributed by atoms with Crippen LogP contribution in [0, 0.1) is 5.92 Å². The molecule has 0 bridgehead atoms. The van der Waals surface area contributed by atoms with Crippen molar-refractivity contribution in [2.75, 3.05) is 43.4 Å². The topological polar surface area (TPSA) is 87.0 Å². The van der Waals surface area contributed by atoms with E-state index in [1.165, 1.54) is 38.9 Å². The molecular formula is C14H21N7. The summed E-state index contributed by atoms with van der Waals surface area (Å²) in [5.41, 5.74) is 7.36. The lowest BCUT2D eigenvalue weighted by atomic mass is 10.1. The summed E-state index contributed by atoms with van der Waals surface area (Å²) in [5, 5.41) is 0. The molecule has 21 heavy (non-hydrogen) atoms. The Hall–Kier alpha value is -1.89. The summed E-state index contributed by atoms with van der Waals surface area (Å²) in [4.78, 5) is 20.9. The first-order valence-corrected chi connectivity index (χ1v) is 7.73. The van der Waals surface area contributed by atoms with Gasteiger partial charge in [-0.1, -0.05) is 0 Å². The molecular weight excluding hydrogens is 266 g/mol. The first-order chi connectivity index (χ1) is 10.3. The molecule has 0 aromatic carbocycles. The van der Waals surface area contributed by atoms with E-state index in [4.69, 9.17) is 5.73 Å². The van der Waals surface area contributed by atoms with Gasteiger partial charge in [-0.2, -0.15) is 9.97 Å². The average molecular weight is 287 g/mol. The number of nitrogens with one attached hydrogen (secondary N) is 1. The van der Waals surface area contributed by atoms with Crippen LogP contribution in [0.3, 0.4) is 0 Å². The number of rotatable bonds is 3. The number of aromatic amines is 1.